The van der Waals surface area contributed by atoms with Crippen LogP contribution in [0.15, 0.2) is 330 Å². The van der Waals surface area contributed by atoms with Gasteiger partial charge < -0.3 is 0 Å². The summed E-state index contributed by atoms with van der Waals surface area (Å²) in [7, 11) is 0. The van der Waals surface area contributed by atoms with E-state index in [0.717, 1.165) is 26.8 Å². The lowest BCUT2D eigenvalue weighted by Gasteiger charge is -2.07. The van der Waals surface area contributed by atoms with Crippen molar-refractivity contribution < 1.29 is 0 Å². The third-order valence-electron chi connectivity index (χ3n) is 11.2. The van der Waals surface area contributed by atoms with Crippen LogP contribution in [-0.2, 0) is 0 Å². The van der Waals surface area contributed by atoms with Crippen molar-refractivity contribution in [3.05, 3.63) is 330 Å². The van der Waals surface area contributed by atoms with Crippen molar-refractivity contribution >= 4 is 117 Å². The zero-order valence-electron chi connectivity index (χ0n) is 40.1. The Kier molecular flexibility index (Phi) is 22.9. The molecular formula is C68H50Br6. The molecule has 0 spiro atoms. The fourth-order valence-corrected chi connectivity index (χ4v) is 9.87. The molecule has 74 heavy (non-hydrogen) atoms. The highest BCUT2D eigenvalue weighted by atomic mass is 79.9. The highest BCUT2D eigenvalue weighted by Gasteiger charge is 2.04. The molecule has 0 N–H and O–H groups in total. The standard InChI is InChI=1S/C18H13Br.2C12H9Br.2C10H7Br.C6H5Br/c19-18-12-16(14-7-3-1-4-8-14)11-17(13-18)15-9-5-2-6-10-15;13-12-8-4-7-11(9-12)10-5-2-1-3-6-10;13-12-8-6-11(7-9-12)10-4-2-1-3-5-10;11-10-7-3-5-8-4-1-2-6-9(8)10;11-10-6-5-8-3-1-2-4-9(8)7-10;7-6-4-2-1-3-5-6/h1-13H;2*1-9H;2*1-7H;1-5H. The third kappa shape index (κ3) is 18.5. The van der Waals surface area contributed by atoms with Crippen LogP contribution in [-0.4, -0.2) is 0 Å². The molecule has 0 nitrogen and oxygen atoms in total. The SMILES string of the molecule is Brc1cc(-c2ccccc2)cc(-c2ccccc2)c1.Brc1ccc(-c2ccccc2)cc1.Brc1ccc2ccccc2c1.Brc1cccc(-c2ccccc2)c1.Brc1cccc2ccccc12.Brc1ccccc1. The van der Waals surface area contributed by atoms with Crippen LogP contribution in [0.2, 0.25) is 0 Å². The summed E-state index contributed by atoms with van der Waals surface area (Å²) in [5.41, 5.74) is 9.95. The van der Waals surface area contributed by atoms with Gasteiger partial charge in [0.25, 0.3) is 0 Å². The van der Waals surface area contributed by atoms with Crippen molar-refractivity contribution in [3.63, 3.8) is 0 Å². The molecule has 0 unspecified atom stereocenters. The predicted octanol–water partition coefficient (Wildman–Crippen LogP) is 23.7. The molecule has 364 valence electrons. The predicted molar refractivity (Wildman–Crippen MR) is 342 cm³/mol. The average molecular weight is 1350 g/mol. The lowest BCUT2D eigenvalue weighted by atomic mass is 9.99. The van der Waals surface area contributed by atoms with Crippen molar-refractivity contribution in [2.24, 2.45) is 0 Å². The monoisotopic (exact) mass is 1340 g/mol. The Balaban J connectivity index is 0.000000133. The topological polar surface area (TPSA) is 0 Å². The Morgan fingerprint density at radius 1 is 0.162 bits per heavy atom. The normalized spacial score (nSPS) is 10.0. The van der Waals surface area contributed by atoms with Crippen LogP contribution in [0.3, 0.4) is 0 Å². The van der Waals surface area contributed by atoms with Crippen LogP contribution < -0.4 is 0 Å². The Hall–Kier alpha value is -5.96. The minimum atomic E-state index is 1.10. The van der Waals surface area contributed by atoms with E-state index in [4.69, 9.17) is 0 Å². The van der Waals surface area contributed by atoms with Gasteiger partial charge >= 0.3 is 0 Å². The first-order valence-electron chi connectivity index (χ1n) is 23.7. The van der Waals surface area contributed by atoms with E-state index in [9.17, 15) is 0 Å². The summed E-state index contributed by atoms with van der Waals surface area (Å²) in [5.74, 6) is 0. The van der Waals surface area contributed by atoms with Crippen molar-refractivity contribution in [3.8, 4) is 44.5 Å². The number of benzene rings is 12. The van der Waals surface area contributed by atoms with E-state index in [2.05, 4.69) is 320 Å². The molecule has 0 aromatic heterocycles. The molecule has 0 aliphatic carbocycles. The minimum Gasteiger partial charge on any atom is -0.0622 e. The lowest BCUT2D eigenvalue weighted by Crippen LogP contribution is -1.82. The first-order chi connectivity index (χ1) is 36.2. The maximum atomic E-state index is 3.61. The van der Waals surface area contributed by atoms with Crippen LogP contribution in [0.25, 0.3) is 66.1 Å². The van der Waals surface area contributed by atoms with Crippen LogP contribution in [0.1, 0.15) is 0 Å². The molecule has 0 bridgehead atoms. The summed E-state index contributed by atoms with van der Waals surface area (Å²) >= 11 is 20.7. The van der Waals surface area contributed by atoms with Gasteiger partial charge in [-0.1, -0.05) is 326 Å². The second-order valence-electron chi connectivity index (χ2n) is 16.5. The van der Waals surface area contributed by atoms with Gasteiger partial charge in [-0.05, 0) is 139 Å². The molecule has 0 radical (unpaired) electrons. The molecule has 0 aliphatic heterocycles. The molecule has 0 atom stereocenters. The fraction of sp³-hybridized carbons (Fsp3) is 0. The number of hydrogen-bond acceptors (Lipinski definition) is 0. The Morgan fingerprint density at radius 2 is 0.500 bits per heavy atom. The molecule has 0 amide bonds. The lowest BCUT2D eigenvalue weighted by molar-refractivity contribution is 1.56. The van der Waals surface area contributed by atoms with Gasteiger partial charge in [-0.2, -0.15) is 0 Å². The first kappa shape index (κ1) is 55.8. The molecule has 0 saturated carbocycles. The molecule has 12 rings (SSSR count). The average Bonchev–Trinajstić information content (AvgIpc) is 3.45. The van der Waals surface area contributed by atoms with E-state index >= 15 is 0 Å². The summed E-state index contributed by atoms with van der Waals surface area (Å²) in [6.07, 6.45) is 0. The van der Waals surface area contributed by atoms with Gasteiger partial charge in [0.15, 0.2) is 0 Å². The van der Waals surface area contributed by atoms with Gasteiger partial charge in [-0.3, -0.25) is 0 Å². The molecule has 0 saturated heterocycles. The van der Waals surface area contributed by atoms with Gasteiger partial charge in [0.1, 0.15) is 0 Å². The molecule has 6 heteroatoms. The van der Waals surface area contributed by atoms with Crippen LogP contribution >= 0.6 is 95.6 Å². The van der Waals surface area contributed by atoms with Gasteiger partial charge in [0.2, 0.25) is 0 Å². The summed E-state index contributed by atoms with van der Waals surface area (Å²) in [6.45, 7) is 0. The highest BCUT2D eigenvalue weighted by Crippen LogP contribution is 2.31. The Bertz CT molecular complexity index is 3470. The fourth-order valence-electron chi connectivity index (χ4n) is 7.52. The maximum Gasteiger partial charge on any atom is 0.0253 e. The van der Waals surface area contributed by atoms with E-state index in [1.165, 1.54) is 66.1 Å². The maximum absolute atomic E-state index is 3.61. The summed E-state index contributed by atoms with van der Waals surface area (Å²) in [4.78, 5) is 0. The minimum absolute atomic E-state index is 1.10. The third-order valence-corrected chi connectivity index (χ3v) is 14.4. The van der Waals surface area contributed by atoms with Crippen molar-refractivity contribution in [2.75, 3.05) is 0 Å². The molecule has 0 aliphatic rings. The van der Waals surface area contributed by atoms with E-state index in [0.29, 0.717) is 0 Å². The van der Waals surface area contributed by atoms with Crippen molar-refractivity contribution in [1.29, 1.82) is 0 Å². The Labute approximate surface area is 487 Å². The first-order valence-corrected chi connectivity index (χ1v) is 28.5. The van der Waals surface area contributed by atoms with E-state index in [1.54, 1.807) is 0 Å². The van der Waals surface area contributed by atoms with Crippen LogP contribution in [0.5, 0.6) is 0 Å². The molecule has 12 aromatic carbocycles. The summed E-state index contributed by atoms with van der Waals surface area (Å²) in [6, 6.07) is 104. The zero-order chi connectivity index (χ0) is 51.7. The number of rotatable bonds is 4. The Morgan fingerprint density at radius 3 is 1.00 bits per heavy atom. The van der Waals surface area contributed by atoms with Gasteiger partial charge in [-0.15, -0.1) is 0 Å². The zero-order valence-corrected chi connectivity index (χ0v) is 49.7. The molecular weight excluding hydrogens is 1300 g/mol. The summed E-state index contributed by atoms with van der Waals surface area (Å²) in [5, 5.41) is 5.12. The van der Waals surface area contributed by atoms with Crippen molar-refractivity contribution in [1.82, 2.24) is 0 Å². The van der Waals surface area contributed by atoms with Crippen molar-refractivity contribution in [2.45, 2.75) is 0 Å². The number of halogens is 6. The van der Waals surface area contributed by atoms with Gasteiger partial charge in [0.05, 0.1) is 0 Å². The largest absolute Gasteiger partial charge is 0.0622 e. The van der Waals surface area contributed by atoms with E-state index in [-0.39, 0.29) is 0 Å². The van der Waals surface area contributed by atoms with Crippen LogP contribution in [0, 0.1) is 0 Å². The van der Waals surface area contributed by atoms with Crippen LogP contribution in [0.4, 0.5) is 0 Å². The number of hydrogen-bond donors (Lipinski definition) is 0. The van der Waals surface area contributed by atoms with Gasteiger partial charge in [-0.25, -0.2) is 0 Å². The quantitative estimate of drug-likeness (QED) is 0.165. The highest BCUT2D eigenvalue weighted by molar-refractivity contribution is 9.11. The molecule has 12 aromatic rings. The smallest absolute Gasteiger partial charge is 0.0253 e. The summed E-state index contributed by atoms with van der Waals surface area (Å²) < 4.78 is 6.77. The van der Waals surface area contributed by atoms with E-state index in [1.807, 2.05) is 78.9 Å². The second-order valence-corrected chi connectivity index (χ2v) is 21.9. The molecule has 0 heterocycles. The van der Waals surface area contributed by atoms with Gasteiger partial charge in [0, 0.05) is 26.8 Å². The van der Waals surface area contributed by atoms with E-state index < -0.39 is 0 Å². The molecule has 0 fully saturated rings. The second kappa shape index (κ2) is 30.4. The number of fused-ring (bicyclic) bond motifs is 2.